The highest BCUT2D eigenvalue weighted by atomic mass is 16.4. The molecule has 0 aliphatic carbocycles. The summed E-state index contributed by atoms with van der Waals surface area (Å²) in [6, 6.07) is 36.7. The van der Waals surface area contributed by atoms with Gasteiger partial charge < -0.3 is 20.4 Å². The molecule has 0 saturated carbocycles. The molecular weight excluding hydrogens is 608 g/mol. The van der Waals surface area contributed by atoms with Gasteiger partial charge in [0.25, 0.3) is 0 Å². The van der Waals surface area contributed by atoms with Crippen LogP contribution >= 0.6 is 0 Å². The van der Waals surface area contributed by atoms with Gasteiger partial charge in [-0.2, -0.15) is 0 Å². The highest BCUT2D eigenvalue weighted by molar-refractivity contribution is 6.02. The highest BCUT2D eigenvalue weighted by Gasteiger charge is 2.28. The van der Waals surface area contributed by atoms with Crippen molar-refractivity contribution in [3.63, 3.8) is 0 Å². The van der Waals surface area contributed by atoms with Crippen LogP contribution in [0.3, 0.4) is 0 Å². The summed E-state index contributed by atoms with van der Waals surface area (Å²) in [5, 5.41) is 38.6. The van der Waals surface area contributed by atoms with Crippen molar-refractivity contribution in [3.8, 4) is 0 Å². The van der Waals surface area contributed by atoms with Crippen molar-refractivity contribution in [2.75, 3.05) is 0 Å². The molecular formula is C40H34O8. The van der Waals surface area contributed by atoms with Crippen molar-refractivity contribution in [1.82, 2.24) is 0 Å². The zero-order valence-electron chi connectivity index (χ0n) is 26.3. The largest absolute Gasteiger partial charge is 0.478 e. The molecule has 0 spiro atoms. The Morgan fingerprint density at radius 3 is 0.938 bits per heavy atom. The summed E-state index contributed by atoms with van der Waals surface area (Å²) in [6.07, 6.45) is 0. The van der Waals surface area contributed by atoms with Gasteiger partial charge >= 0.3 is 23.9 Å². The van der Waals surface area contributed by atoms with E-state index in [1.165, 1.54) is 24.3 Å². The van der Waals surface area contributed by atoms with Gasteiger partial charge in [-0.1, -0.05) is 111 Å². The molecule has 48 heavy (non-hydrogen) atoms. The number of rotatable bonds is 12. The molecule has 4 unspecified atom stereocenters. The van der Waals surface area contributed by atoms with Gasteiger partial charge in [-0.05, 0) is 69.5 Å². The lowest BCUT2D eigenvalue weighted by Crippen LogP contribution is -2.15. The summed E-state index contributed by atoms with van der Waals surface area (Å²) < 4.78 is 0. The number of aromatic carboxylic acids is 4. The Morgan fingerprint density at radius 2 is 0.646 bits per heavy atom. The summed E-state index contributed by atoms with van der Waals surface area (Å²) in [5.41, 5.74) is 4.24. The van der Waals surface area contributed by atoms with E-state index in [0.29, 0.717) is 11.1 Å². The fraction of sp³-hybridized carbons (Fsp3) is 0.150. The van der Waals surface area contributed by atoms with Gasteiger partial charge in [-0.3, -0.25) is 0 Å². The van der Waals surface area contributed by atoms with Gasteiger partial charge in [0.05, 0.1) is 22.3 Å². The molecule has 0 aliphatic rings. The minimum atomic E-state index is -1.31. The first kappa shape index (κ1) is 33.3. The van der Waals surface area contributed by atoms with Crippen molar-refractivity contribution < 1.29 is 39.6 Å². The van der Waals surface area contributed by atoms with Crippen LogP contribution < -0.4 is 0 Å². The molecule has 4 N–H and O–H groups in total. The van der Waals surface area contributed by atoms with Gasteiger partial charge in [0.2, 0.25) is 0 Å². The molecule has 8 heteroatoms. The SMILES string of the molecule is CC(c1ccc(C(=O)O)c(C(=O)O)c1)C(c1ccccc1)c1ccc(C(c2ccccc2)C(C)c2ccc(C(=O)O)c(C(=O)O)c2)cc1. The van der Waals surface area contributed by atoms with Crippen LogP contribution in [0.15, 0.2) is 121 Å². The van der Waals surface area contributed by atoms with Gasteiger partial charge in [0, 0.05) is 11.8 Å². The number of hydrogen-bond donors (Lipinski definition) is 4. The van der Waals surface area contributed by atoms with E-state index in [1.807, 2.05) is 98.8 Å². The summed E-state index contributed by atoms with van der Waals surface area (Å²) >= 11 is 0. The van der Waals surface area contributed by atoms with E-state index in [-0.39, 0.29) is 45.9 Å². The monoisotopic (exact) mass is 642 g/mol. The molecule has 0 radical (unpaired) electrons. The number of carbonyl (C=O) groups is 4. The van der Waals surface area contributed by atoms with Gasteiger partial charge in [-0.15, -0.1) is 0 Å². The van der Waals surface area contributed by atoms with Crippen LogP contribution in [0, 0.1) is 0 Å². The second-order valence-electron chi connectivity index (χ2n) is 11.9. The lowest BCUT2D eigenvalue weighted by atomic mass is 9.75. The first-order chi connectivity index (χ1) is 23.0. The second kappa shape index (κ2) is 14.2. The average Bonchev–Trinajstić information content (AvgIpc) is 3.09. The van der Waals surface area contributed by atoms with Gasteiger partial charge in [0.15, 0.2) is 0 Å². The maximum Gasteiger partial charge on any atom is 0.336 e. The minimum absolute atomic E-state index is 0.202. The number of benzene rings is 5. The molecule has 242 valence electrons. The molecule has 5 rings (SSSR count). The Morgan fingerprint density at radius 1 is 0.375 bits per heavy atom. The number of carboxylic acid groups (broad SMARTS) is 4. The second-order valence-corrected chi connectivity index (χ2v) is 11.9. The highest BCUT2D eigenvalue weighted by Crippen LogP contribution is 2.42. The van der Waals surface area contributed by atoms with E-state index in [9.17, 15) is 39.6 Å². The number of hydrogen-bond acceptors (Lipinski definition) is 4. The van der Waals surface area contributed by atoms with Crippen LogP contribution in [-0.4, -0.2) is 44.3 Å². The molecule has 0 saturated heterocycles. The first-order valence-corrected chi connectivity index (χ1v) is 15.4. The third kappa shape index (κ3) is 6.88. The Bertz CT molecular complexity index is 1820. The van der Waals surface area contributed by atoms with Crippen molar-refractivity contribution in [3.05, 3.63) is 177 Å². The Labute approximate surface area is 277 Å². The smallest absolute Gasteiger partial charge is 0.336 e. The van der Waals surface area contributed by atoms with Crippen LogP contribution in [0.4, 0.5) is 0 Å². The van der Waals surface area contributed by atoms with E-state index in [2.05, 4.69) is 0 Å². The van der Waals surface area contributed by atoms with Crippen LogP contribution in [0.5, 0.6) is 0 Å². The summed E-state index contributed by atoms with van der Waals surface area (Å²) in [6.45, 7) is 3.98. The molecule has 0 heterocycles. The Hall–Kier alpha value is -6.02. The van der Waals surface area contributed by atoms with Crippen molar-refractivity contribution in [1.29, 1.82) is 0 Å². The van der Waals surface area contributed by atoms with E-state index in [4.69, 9.17) is 0 Å². The third-order valence-electron chi connectivity index (χ3n) is 9.03. The van der Waals surface area contributed by atoms with Crippen LogP contribution in [0.2, 0.25) is 0 Å². The molecule has 4 atom stereocenters. The Kier molecular flexibility index (Phi) is 9.85. The summed E-state index contributed by atoms with van der Waals surface area (Å²) in [5.74, 6) is -6.09. The molecule has 0 aliphatic heterocycles. The lowest BCUT2D eigenvalue weighted by molar-refractivity contribution is 0.0651. The van der Waals surface area contributed by atoms with E-state index in [1.54, 1.807) is 12.1 Å². The van der Waals surface area contributed by atoms with Crippen LogP contribution in [-0.2, 0) is 0 Å². The average molecular weight is 643 g/mol. The predicted molar refractivity (Wildman–Crippen MR) is 181 cm³/mol. The molecule has 0 aromatic heterocycles. The van der Waals surface area contributed by atoms with Crippen molar-refractivity contribution >= 4 is 23.9 Å². The van der Waals surface area contributed by atoms with Crippen LogP contribution in [0.25, 0.3) is 0 Å². The molecule has 0 amide bonds. The summed E-state index contributed by atoms with van der Waals surface area (Å²) in [4.78, 5) is 47.3. The molecule has 8 nitrogen and oxygen atoms in total. The normalized spacial score (nSPS) is 13.5. The van der Waals surface area contributed by atoms with E-state index < -0.39 is 23.9 Å². The fourth-order valence-electron chi connectivity index (χ4n) is 6.57. The molecule has 5 aromatic rings. The summed E-state index contributed by atoms with van der Waals surface area (Å²) in [7, 11) is 0. The zero-order valence-corrected chi connectivity index (χ0v) is 26.3. The topological polar surface area (TPSA) is 149 Å². The Balaban J connectivity index is 1.58. The maximum absolute atomic E-state index is 12.0. The first-order valence-electron chi connectivity index (χ1n) is 15.4. The predicted octanol–water partition coefficient (Wildman–Crippen LogP) is 8.35. The number of carboxylic acids is 4. The van der Waals surface area contributed by atoms with E-state index in [0.717, 1.165) is 22.3 Å². The molecule has 0 bridgehead atoms. The molecule has 0 fully saturated rings. The van der Waals surface area contributed by atoms with Gasteiger partial charge in [0.1, 0.15) is 0 Å². The maximum atomic E-state index is 12.0. The van der Waals surface area contributed by atoms with E-state index >= 15 is 0 Å². The zero-order chi connectivity index (χ0) is 34.5. The standard InChI is InChI=1S/C40H34O8/c1-23(29-17-19-31(37(41)42)33(21-29)39(45)46)35(25-9-5-3-6-10-25)27-13-15-28(16-14-27)36(26-11-7-4-8-12-26)24(2)30-18-20-32(38(43)44)34(22-30)40(47)48/h3-24,35-36H,1-2H3,(H,41,42)(H,43,44)(H,45,46)(H,47,48). The quantitative estimate of drug-likeness (QED) is 0.106. The van der Waals surface area contributed by atoms with Crippen molar-refractivity contribution in [2.24, 2.45) is 0 Å². The van der Waals surface area contributed by atoms with Gasteiger partial charge in [-0.25, -0.2) is 19.2 Å². The molecule has 5 aromatic carbocycles. The van der Waals surface area contributed by atoms with Crippen molar-refractivity contribution in [2.45, 2.75) is 37.5 Å². The minimum Gasteiger partial charge on any atom is -0.478 e. The van der Waals surface area contributed by atoms with Crippen LogP contribution in [0.1, 0.15) is 112 Å². The fourth-order valence-corrected chi connectivity index (χ4v) is 6.57. The lowest BCUT2D eigenvalue weighted by Gasteiger charge is -2.28. The third-order valence-corrected chi connectivity index (χ3v) is 9.03.